The van der Waals surface area contributed by atoms with Gasteiger partial charge in [-0.15, -0.1) is 0 Å². The first-order chi connectivity index (χ1) is 11.4. The Kier molecular flexibility index (Phi) is 5.15. The molecule has 24 heavy (non-hydrogen) atoms. The van der Waals surface area contributed by atoms with Crippen LogP contribution in [0.4, 0.5) is 0 Å². The fraction of sp³-hybridized carbons (Fsp3) is 0.200. The topological polar surface area (TPSA) is 133 Å². The fourth-order valence-electron chi connectivity index (χ4n) is 1.87. The smallest absolute Gasteiger partial charge is 0.345 e. The molecule has 0 spiro atoms. The molecule has 0 bridgehead atoms. The van der Waals surface area contributed by atoms with E-state index >= 15 is 0 Å². The lowest BCUT2D eigenvalue weighted by molar-refractivity contribution is -0.119. The van der Waals surface area contributed by atoms with Crippen LogP contribution in [-0.2, 0) is 9.53 Å². The number of ether oxygens (including phenoxy) is 2. The lowest BCUT2D eigenvalue weighted by Crippen LogP contribution is -2.33. The zero-order valence-corrected chi connectivity index (χ0v) is 12.8. The molecule has 9 nitrogen and oxygen atoms in total. The molecule has 126 valence electrons. The van der Waals surface area contributed by atoms with E-state index in [1.165, 1.54) is 24.3 Å². The van der Waals surface area contributed by atoms with Crippen molar-refractivity contribution in [1.29, 1.82) is 0 Å². The summed E-state index contributed by atoms with van der Waals surface area (Å²) < 4.78 is 11.0. The summed E-state index contributed by atoms with van der Waals surface area (Å²) in [4.78, 5) is 48.1. The van der Waals surface area contributed by atoms with Crippen molar-refractivity contribution in [3.63, 3.8) is 0 Å². The van der Waals surface area contributed by atoms with Crippen molar-refractivity contribution >= 4 is 11.9 Å². The second-order valence-electron chi connectivity index (χ2n) is 4.64. The van der Waals surface area contributed by atoms with Crippen molar-refractivity contribution in [3.05, 3.63) is 56.9 Å². The number of carbonyl (C=O) groups is 2. The molecule has 2 aromatic rings. The van der Waals surface area contributed by atoms with Crippen LogP contribution in [0.5, 0.6) is 5.75 Å². The minimum Gasteiger partial charge on any atom is -0.484 e. The highest BCUT2D eigenvalue weighted by atomic mass is 16.5. The predicted molar refractivity (Wildman–Crippen MR) is 83.3 cm³/mol. The summed E-state index contributed by atoms with van der Waals surface area (Å²) in [5, 5.41) is 0. The second kappa shape index (κ2) is 7.27. The SMILES string of the molecule is CCOC(=O)c1cn(-c2ccc(OCC(N)=O)cc2)c(=O)[nH]c1=O. The lowest BCUT2D eigenvalue weighted by Gasteiger charge is -2.09. The van der Waals surface area contributed by atoms with E-state index in [0.717, 1.165) is 10.8 Å². The molecule has 1 aromatic carbocycles. The number of primary amides is 1. The van der Waals surface area contributed by atoms with Crippen LogP contribution in [0.25, 0.3) is 5.69 Å². The number of hydrogen-bond acceptors (Lipinski definition) is 6. The Morgan fingerprint density at radius 1 is 1.21 bits per heavy atom. The molecule has 0 atom stereocenters. The van der Waals surface area contributed by atoms with Gasteiger partial charge in [0.15, 0.2) is 6.61 Å². The average Bonchev–Trinajstić information content (AvgIpc) is 2.54. The van der Waals surface area contributed by atoms with E-state index in [1.54, 1.807) is 6.92 Å². The van der Waals surface area contributed by atoms with Gasteiger partial charge in [0, 0.05) is 6.20 Å². The van der Waals surface area contributed by atoms with Gasteiger partial charge >= 0.3 is 11.7 Å². The van der Waals surface area contributed by atoms with Crippen molar-refractivity contribution in [2.24, 2.45) is 5.73 Å². The summed E-state index contributed by atoms with van der Waals surface area (Å²) in [6.45, 7) is 1.43. The molecule has 1 heterocycles. The summed E-state index contributed by atoms with van der Waals surface area (Å²) in [7, 11) is 0. The highest BCUT2D eigenvalue weighted by molar-refractivity contribution is 5.88. The van der Waals surface area contributed by atoms with Crippen LogP contribution in [0.1, 0.15) is 17.3 Å². The number of benzene rings is 1. The molecule has 0 fully saturated rings. The molecule has 0 radical (unpaired) electrons. The molecule has 2 rings (SSSR count). The lowest BCUT2D eigenvalue weighted by atomic mass is 10.3. The molecular formula is C15H15N3O6. The van der Waals surface area contributed by atoms with Gasteiger partial charge in [-0.25, -0.2) is 9.59 Å². The molecular weight excluding hydrogens is 318 g/mol. The maximum Gasteiger partial charge on any atom is 0.345 e. The van der Waals surface area contributed by atoms with Gasteiger partial charge in [-0.1, -0.05) is 0 Å². The largest absolute Gasteiger partial charge is 0.484 e. The molecule has 0 saturated heterocycles. The zero-order chi connectivity index (χ0) is 17.7. The van der Waals surface area contributed by atoms with Crippen LogP contribution in [-0.4, -0.2) is 34.6 Å². The van der Waals surface area contributed by atoms with E-state index in [9.17, 15) is 19.2 Å². The third-order valence-corrected chi connectivity index (χ3v) is 2.93. The van der Waals surface area contributed by atoms with Crippen molar-refractivity contribution < 1.29 is 19.1 Å². The fourth-order valence-corrected chi connectivity index (χ4v) is 1.87. The molecule has 9 heteroatoms. The number of nitrogens with one attached hydrogen (secondary N) is 1. The van der Waals surface area contributed by atoms with Crippen LogP contribution in [0.2, 0.25) is 0 Å². The van der Waals surface area contributed by atoms with E-state index in [4.69, 9.17) is 15.2 Å². The van der Waals surface area contributed by atoms with Crippen LogP contribution in [0.3, 0.4) is 0 Å². The minimum atomic E-state index is -0.825. The second-order valence-corrected chi connectivity index (χ2v) is 4.64. The van der Waals surface area contributed by atoms with E-state index in [1.807, 2.05) is 0 Å². The Balaban J connectivity index is 2.36. The number of aromatic nitrogens is 2. The molecule has 3 N–H and O–H groups in total. The summed E-state index contributed by atoms with van der Waals surface area (Å²) in [5.74, 6) is -1.07. The Hall–Kier alpha value is -3.36. The summed E-state index contributed by atoms with van der Waals surface area (Å²) in [5.41, 5.74) is 3.54. The van der Waals surface area contributed by atoms with Gasteiger partial charge in [0.25, 0.3) is 11.5 Å². The maximum absolute atomic E-state index is 11.9. The number of H-pyrrole nitrogens is 1. The highest BCUT2D eigenvalue weighted by Gasteiger charge is 2.15. The van der Waals surface area contributed by atoms with E-state index < -0.39 is 23.1 Å². The number of amides is 1. The normalized spacial score (nSPS) is 10.2. The van der Waals surface area contributed by atoms with Gasteiger partial charge in [-0.3, -0.25) is 19.1 Å². The minimum absolute atomic E-state index is 0.100. The van der Waals surface area contributed by atoms with Crippen molar-refractivity contribution in [2.75, 3.05) is 13.2 Å². The van der Waals surface area contributed by atoms with Crippen LogP contribution < -0.4 is 21.7 Å². The Morgan fingerprint density at radius 3 is 2.46 bits per heavy atom. The number of nitrogens with zero attached hydrogens (tertiary/aromatic N) is 1. The van der Waals surface area contributed by atoms with E-state index in [0.29, 0.717) is 11.4 Å². The van der Waals surface area contributed by atoms with Crippen molar-refractivity contribution in [3.8, 4) is 11.4 Å². The maximum atomic E-state index is 11.9. The quantitative estimate of drug-likeness (QED) is 0.689. The Labute approximate surface area is 135 Å². The van der Waals surface area contributed by atoms with E-state index in [2.05, 4.69) is 4.98 Å². The molecule has 0 unspecified atom stereocenters. The molecule has 1 amide bonds. The summed E-state index contributed by atoms with van der Waals surface area (Å²) in [6.07, 6.45) is 1.11. The first kappa shape index (κ1) is 17.0. The van der Waals surface area contributed by atoms with Gasteiger partial charge < -0.3 is 15.2 Å². The molecule has 0 aliphatic heterocycles. The monoisotopic (exact) mass is 333 g/mol. The van der Waals surface area contributed by atoms with Crippen molar-refractivity contribution in [1.82, 2.24) is 9.55 Å². The molecule has 0 aliphatic carbocycles. The molecule has 0 saturated carbocycles. The van der Waals surface area contributed by atoms with Gasteiger partial charge in [0.05, 0.1) is 12.3 Å². The van der Waals surface area contributed by atoms with Crippen LogP contribution >= 0.6 is 0 Å². The Morgan fingerprint density at radius 2 is 1.88 bits per heavy atom. The number of hydrogen-bond donors (Lipinski definition) is 2. The standard InChI is InChI=1S/C15H15N3O6/c1-2-23-14(21)11-7-18(15(22)17-13(11)20)9-3-5-10(6-4-9)24-8-12(16)19/h3-7H,2,8H2,1H3,(H2,16,19)(H,17,20,22). The third kappa shape index (κ3) is 3.88. The van der Waals surface area contributed by atoms with Crippen LogP contribution in [0.15, 0.2) is 40.1 Å². The first-order valence-electron chi connectivity index (χ1n) is 6.97. The van der Waals surface area contributed by atoms with Crippen molar-refractivity contribution in [2.45, 2.75) is 6.92 Å². The molecule has 1 aromatic heterocycles. The van der Waals surface area contributed by atoms with Gasteiger partial charge in [-0.05, 0) is 31.2 Å². The summed E-state index contributed by atoms with van der Waals surface area (Å²) in [6, 6.07) is 6.07. The van der Waals surface area contributed by atoms with Gasteiger partial charge in [-0.2, -0.15) is 0 Å². The summed E-state index contributed by atoms with van der Waals surface area (Å²) >= 11 is 0. The predicted octanol–water partition coefficient (Wildman–Crippen LogP) is -0.433. The molecule has 0 aliphatic rings. The van der Waals surface area contributed by atoms with E-state index in [-0.39, 0.29) is 18.8 Å². The third-order valence-electron chi connectivity index (χ3n) is 2.93. The van der Waals surface area contributed by atoms with Crippen LogP contribution in [0, 0.1) is 0 Å². The Bertz CT molecular complexity index is 866. The van der Waals surface area contributed by atoms with Gasteiger partial charge in [0.2, 0.25) is 0 Å². The number of aromatic amines is 1. The highest BCUT2D eigenvalue weighted by Crippen LogP contribution is 2.14. The number of esters is 1. The zero-order valence-electron chi connectivity index (χ0n) is 12.8. The number of nitrogens with two attached hydrogens (primary N) is 1. The number of carbonyl (C=O) groups excluding carboxylic acids is 2. The number of rotatable bonds is 6. The average molecular weight is 333 g/mol. The first-order valence-corrected chi connectivity index (χ1v) is 6.97. The van der Waals surface area contributed by atoms with Gasteiger partial charge in [0.1, 0.15) is 11.3 Å².